The lowest BCUT2D eigenvalue weighted by Gasteiger charge is -2.38. The van der Waals surface area contributed by atoms with Crippen LogP contribution in [0.1, 0.15) is 36.9 Å². The molecule has 0 radical (unpaired) electrons. The second-order valence-corrected chi connectivity index (χ2v) is 6.65. The summed E-state index contributed by atoms with van der Waals surface area (Å²) in [6.45, 7) is 8.71. The maximum atomic E-state index is 6.50. The first kappa shape index (κ1) is 13.9. The van der Waals surface area contributed by atoms with Crippen LogP contribution in [0, 0.1) is 18.8 Å². The van der Waals surface area contributed by atoms with Gasteiger partial charge in [-0.2, -0.15) is 0 Å². The van der Waals surface area contributed by atoms with Crippen molar-refractivity contribution in [3.05, 3.63) is 29.3 Å². The van der Waals surface area contributed by atoms with Gasteiger partial charge in [0.05, 0.1) is 6.61 Å². The van der Waals surface area contributed by atoms with E-state index in [1.54, 1.807) is 0 Å². The quantitative estimate of drug-likeness (QED) is 0.901. The highest BCUT2D eigenvalue weighted by molar-refractivity contribution is 5.40. The predicted molar refractivity (Wildman–Crippen MR) is 81.9 cm³/mol. The maximum absolute atomic E-state index is 6.50. The summed E-state index contributed by atoms with van der Waals surface area (Å²) in [5.41, 5.74) is 8.95. The van der Waals surface area contributed by atoms with Crippen LogP contribution in [0.4, 0.5) is 0 Å². The molecule has 3 atom stereocenters. The van der Waals surface area contributed by atoms with E-state index in [2.05, 4.69) is 36.9 Å². The average Bonchev–Trinajstić information content (AvgIpc) is 2.43. The molecule has 1 fully saturated rings. The van der Waals surface area contributed by atoms with Gasteiger partial charge in [-0.3, -0.25) is 0 Å². The molecule has 2 aliphatic rings. The van der Waals surface area contributed by atoms with Gasteiger partial charge in [0, 0.05) is 30.6 Å². The predicted octanol–water partition coefficient (Wildman–Crippen LogP) is 2.74. The molecule has 2 aliphatic heterocycles. The Morgan fingerprint density at radius 1 is 1.40 bits per heavy atom. The molecule has 1 aromatic rings. The molecule has 0 spiro atoms. The average molecular weight is 274 g/mol. The van der Waals surface area contributed by atoms with Gasteiger partial charge in [-0.1, -0.05) is 24.6 Å². The number of hydrogen-bond donors (Lipinski definition) is 1. The molecule has 3 heteroatoms. The topological polar surface area (TPSA) is 38.5 Å². The Balaban J connectivity index is 1.70. The normalized spacial score (nSPS) is 30.6. The fourth-order valence-electron chi connectivity index (χ4n) is 3.56. The minimum Gasteiger partial charge on any atom is -0.493 e. The highest BCUT2D eigenvalue weighted by Gasteiger charge is 2.30. The summed E-state index contributed by atoms with van der Waals surface area (Å²) in [7, 11) is 0. The molecule has 0 aliphatic carbocycles. The third-order valence-electron chi connectivity index (χ3n) is 4.72. The number of ether oxygens (including phenoxy) is 1. The summed E-state index contributed by atoms with van der Waals surface area (Å²) in [6, 6.07) is 6.45. The Kier molecular flexibility index (Phi) is 3.99. The summed E-state index contributed by atoms with van der Waals surface area (Å²) < 4.78 is 5.92. The number of fused-ring (bicyclic) bond motifs is 1. The van der Waals surface area contributed by atoms with Crippen LogP contribution >= 0.6 is 0 Å². The van der Waals surface area contributed by atoms with Crippen molar-refractivity contribution in [1.29, 1.82) is 0 Å². The zero-order chi connectivity index (χ0) is 14.1. The molecule has 2 N–H and O–H groups in total. The largest absolute Gasteiger partial charge is 0.493 e. The van der Waals surface area contributed by atoms with Crippen LogP contribution in [0.3, 0.4) is 0 Å². The van der Waals surface area contributed by atoms with Gasteiger partial charge in [0.25, 0.3) is 0 Å². The smallest absolute Gasteiger partial charge is 0.124 e. The number of piperidine rings is 1. The molecule has 0 amide bonds. The molecule has 0 bridgehead atoms. The summed E-state index contributed by atoms with van der Waals surface area (Å²) in [5, 5.41) is 0. The van der Waals surface area contributed by atoms with Crippen LogP contribution in [0.25, 0.3) is 0 Å². The molecule has 20 heavy (non-hydrogen) atoms. The Bertz CT molecular complexity index is 474. The first-order valence-electron chi connectivity index (χ1n) is 7.85. The first-order valence-corrected chi connectivity index (χ1v) is 7.85. The van der Waals surface area contributed by atoms with Gasteiger partial charge in [0.2, 0.25) is 0 Å². The highest BCUT2D eigenvalue weighted by atomic mass is 16.5. The first-order chi connectivity index (χ1) is 9.63. The third kappa shape index (κ3) is 2.84. The zero-order valence-corrected chi connectivity index (χ0v) is 12.6. The fourth-order valence-corrected chi connectivity index (χ4v) is 3.56. The monoisotopic (exact) mass is 274 g/mol. The molecule has 110 valence electrons. The highest BCUT2D eigenvalue weighted by Crippen LogP contribution is 2.35. The van der Waals surface area contributed by atoms with Crippen LogP contribution in [-0.2, 0) is 0 Å². The standard InChI is InChI=1S/C17H26N2O/c1-12-5-6-16-15(8-12)17(18)14(11-20-16)10-19-7-3-4-13(2)9-19/h5-6,8,13-14,17H,3-4,7,9-11,18H2,1-2H3. The van der Waals surface area contributed by atoms with Crippen molar-refractivity contribution >= 4 is 0 Å². The minimum atomic E-state index is 0.107. The fraction of sp³-hybridized carbons (Fsp3) is 0.647. The number of benzene rings is 1. The Hall–Kier alpha value is -1.06. The number of nitrogens with zero attached hydrogens (tertiary/aromatic N) is 1. The second-order valence-electron chi connectivity index (χ2n) is 6.65. The van der Waals surface area contributed by atoms with Crippen molar-refractivity contribution in [2.45, 2.75) is 32.7 Å². The van der Waals surface area contributed by atoms with E-state index in [1.165, 1.54) is 37.1 Å². The third-order valence-corrected chi connectivity index (χ3v) is 4.72. The molecule has 2 heterocycles. The van der Waals surface area contributed by atoms with Gasteiger partial charge in [-0.05, 0) is 38.3 Å². The minimum absolute atomic E-state index is 0.107. The Morgan fingerprint density at radius 2 is 2.25 bits per heavy atom. The molecule has 1 saturated heterocycles. The number of nitrogens with two attached hydrogens (primary N) is 1. The summed E-state index contributed by atoms with van der Waals surface area (Å²) in [4.78, 5) is 2.57. The van der Waals surface area contributed by atoms with Gasteiger partial charge in [0.15, 0.2) is 0 Å². The summed E-state index contributed by atoms with van der Waals surface area (Å²) in [6.07, 6.45) is 2.69. The summed E-state index contributed by atoms with van der Waals surface area (Å²) in [5.74, 6) is 2.21. The van der Waals surface area contributed by atoms with Crippen molar-refractivity contribution in [2.75, 3.05) is 26.2 Å². The molecule has 3 rings (SSSR count). The van der Waals surface area contributed by atoms with Crippen LogP contribution in [-0.4, -0.2) is 31.1 Å². The van der Waals surface area contributed by atoms with Crippen LogP contribution < -0.4 is 10.5 Å². The van der Waals surface area contributed by atoms with Crippen molar-refractivity contribution in [3.8, 4) is 5.75 Å². The number of hydrogen-bond acceptors (Lipinski definition) is 3. The van der Waals surface area contributed by atoms with Gasteiger partial charge < -0.3 is 15.4 Å². The molecular formula is C17H26N2O. The van der Waals surface area contributed by atoms with E-state index in [0.717, 1.165) is 24.8 Å². The number of rotatable bonds is 2. The Labute approximate surface area is 122 Å². The number of likely N-dealkylation sites (tertiary alicyclic amines) is 1. The van der Waals surface area contributed by atoms with Gasteiger partial charge in [-0.25, -0.2) is 0 Å². The molecular weight excluding hydrogens is 248 g/mol. The van der Waals surface area contributed by atoms with Crippen LogP contribution in [0.15, 0.2) is 18.2 Å². The van der Waals surface area contributed by atoms with Crippen molar-refractivity contribution in [1.82, 2.24) is 4.90 Å². The second kappa shape index (κ2) is 5.74. The number of aryl methyl sites for hydroxylation is 1. The molecule has 0 aromatic heterocycles. The van der Waals surface area contributed by atoms with Crippen molar-refractivity contribution in [3.63, 3.8) is 0 Å². The maximum Gasteiger partial charge on any atom is 0.124 e. The van der Waals surface area contributed by atoms with E-state index >= 15 is 0 Å². The lowest BCUT2D eigenvalue weighted by Crippen LogP contribution is -2.43. The van der Waals surface area contributed by atoms with E-state index < -0.39 is 0 Å². The van der Waals surface area contributed by atoms with Crippen molar-refractivity contribution < 1.29 is 4.74 Å². The van der Waals surface area contributed by atoms with Gasteiger partial charge >= 0.3 is 0 Å². The molecule has 3 unspecified atom stereocenters. The Morgan fingerprint density at radius 3 is 3.05 bits per heavy atom. The van der Waals surface area contributed by atoms with Crippen LogP contribution in [0.2, 0.25) is 0 Å². The van der Waals surface area contributed by atoms with E-state index in [9.17, 15) is 0 Å². The van der Waals surface area contributed by atoms with Gasteiger partial charge in [0.1, 0.15) is 5.75 Å². The van der Waals surface area contributed by atoms with Crippen LogP contribution in [0.5, 0.6) is 5.75 Å². The van der Waals surface area contributed by atoms with E-state index in [1.807, 2.05) is 0 Å². The van der Waals surface area contributed by atoms with E-state index in [0.29, 0.717) is 5.92 Å². The molecule has 1 aromatic carbocycles. The van der Waals surface area contributed by atoms with E-state index in [4.69, 9.17) is 10.5 Å². The van der Waals surface area contributed by atoms with Gasteiger partial charge in [-0.15, -0.1) is 0 Å². The molecule has 3 nitrogen and oxygen atoms in total. The SMILES string of the molecule is Cc1ccc2c(c1)C(N)C(CN1CCCC(C)C1)CO2. The lowest BCUT2D eigenvalue weighted by molar-refractivity contribution is 0.109. The lowest BCUT2D eigenvalue weighted by atomic mass is 9.89. The molecule has 0 saturated carbocycles. The summed E-state index contributed by atoms with van der Waals surface area (Å²) >= 11 is 0. The zero-order valence-electron chi connectivity index (χ0n) is 12.6. The van der Waals surface area contributed by atoms with E-state index in [-0.39, 0.29) is 6.04 Å². The van der Waals surface area contributed by atoms with Crippen molar-refractivity contribution in [2.24, 2.45) is 17.6 Å².